The van der Waals surface area contributed by atoms with Gasteiger partial charge in [-0.1, -0.05) is 0 Å². The van der Waals surface area contributed by atoms with Gasteiger partial charge in [0, 0.05) is 25.3 Å². The SMILES string of the molecule is Cc1ccoc1CNC(=O)NC(C)c1cc(F)ccc1N(C)C. The molecule has 0 saturated carbocycles. The monoisotopic (exact) mass is 319 g/mol. The number of nitrogens with zero attached hydrogens (tertiary/aromatic N) is 1. The lowest BCUT2D eigenvalue weighted by atomic mass is 10.1. The zero-order valence-electron chi connectivity index (χ0n) is 13.8. The smallest absolute Gasteiger partial charge is 0.315 e. The van der Waals surface area contributed by atoms with E-state index in [9.17, 15) is 9.18 Å². The summed E-state index contributed by atoms with van der Waals surface area (Å²) in [4.78, 5) is 13.9. The average molecular weight is 319 g/mol. The van der Waals surface area contributed by atoms with Gasteiger partial charge in [-0.25, -0.2) is 9.18 Å². The van der Waals surface area contributed by atoms with Gasteiger partial charge in [-0.3, -0.25) is 0 Å². The van der Waals surface area contributed by atoms with Gasteiger partial charge in [0.05, 0.1) is 18.8 Å². The molecule has 124 valence electrons. The average Bonchev–Trinajstić information content (AvgIpc) is 2.90. The van der Waals surface area contributed by atoms with Crippen LogP contribution in [-0.2, 0) is 6.54 Å². The molecule has 0 saturated heterocycles. The highest BCUT2D eigenvalue weighted by atomic mass is 19.1. The second-order valence-electron chi connectivity index (χ2n) is 5.67. The third kappa shape index (κ3) is 4.25. The van der Waals surface area contributed by atoms with E-state index in [2.05, 4.69) is 10.6 Å². The molecule has 2 rings (SSSR count). The molecule has 0 bridgehead atoms. The number of aryl methyl sites for hydroxylation is 1. The fraction of sp³-hybridized carbons (Fsp3) is 0.353. The van der Waals surface area contributed by atoms with E-state index in [0.29, 0.717) is 12.3 Å². The van der Waals surface area contributed by atoms with Gasteiger partial charge in [0.1, 0.15) is 11.6 Å². The Kier molecular flexibility index (Phi) is 5.26. The summed E-state index contributed by atoms with van der Waals surface area (Å²) in [5.41, 5.74) is 2.57. The van der Waals surface area contributed by atoms with Crippen molar-refractivity contribution in [3.8, 4) is 0 Å². The summed E-state index contributed by atoms with van der Waals surface area (Å²) in [5.74, 6) is 0.387. The maximum absolute atomic E-state index is 13.5. The minimum Gasteiger partial charge on any atom is -0.467 e. The first-order valence-corrected chi connectivity index (χ1v) is 7.42. The molecule has 6 heteroatoms. The molecule has 1 aromatic heterocycles. The Morgan fingerprint density at radius 1 is 1.35 bits per heavy atom. The zero-order chi connectivity index (χ0) is 17.0. The normalized spacial score (nSPS) is 11.9. The van der Waals surface area contributed by atoms with Crippen molar-refractivity contribution in [1.82, 2.24) is 10.6 Å². The first-order chi connectivity index (χ1) is 10.9. The van der Waals surface area contributed by atoms with Crippen LogP contribution >= 0.6 is 0 Å². The molecular formula is C17H22FN3O2. The number of carbonyl (C=O) groups excluding carboxylic acids is 1. The standard InChI is InChI=1S/C17H22FN3O2/c1-11-7-8-23-16(11)10-19-17(22)20-12(2)14-9-13(18)5-6-15(14)21(3)4/h5-9,12H,10H2,1-4H3,(H2,19,20,22). The summed E-state index contributed by atoms with van der Waals surface area (Å²) in [5, 5.41) is 5.55. The maximum Gasteiger partial charge on any atom is 0.315 e. The van der Waals surface area contributed by atoms with Gasteiger partial charge in [-0.15, -0.1) is 0 Å². The summed E-state index contributed by atoms with van der Waals surface area (Å²) >= 11 is 0. The number of anilines is 1. The van der Waals surface area contributed by atoms with Crippen molar-refractivity contribution in [2.24, 2.45) is 0 Å². The minimum atomic E-state index is -0.333. The molecule has 0 radical (unpaired) electrons. The van der Waals surface area contributed by atoms with Gasteiger partial charge in [-0.05, 0) is 43.7 Å². The molecule has 0 spiro atoms. The van der Waals surface area contributed by atoms with E-state index in [-0.39, 0.29) is 17.9 Å². The number of rotatable bonds is 5. The largest absolute Gasteiger partial charge is 0.467 e. The van der Waals surface area contributed by atoms with Crippen LogP contribution in [0, 0.1) is 12.7 Å². The number of halogens is 1. The van der Waals surface area contributed by atoms with E-state index in [1.807, 2.05) is 38.9 Å². The first-order valence-electron chi connectivity index (χ1n) is 7.42. The highest BCUT2D eigenvalue weighted by Gasteiger charge is 2.15. The van der Waals surface area contributed by atoms with Crippen LogP contribution < -0.4 is 15.5 Å². The van der Waals surface area contributed by atoms with Crippen LogP contribution in [0.3, 0.4) is 0 Å². The molecule has 2 aromatic rings. The lowest BCUT2D eigenvalue weighted by Gasteiger charge is -2.22. The fourth-order valence-corrected chi connectivity index (χ4v) is 2.35. The van der Waals surface area contributed by atoms with Gasteiger partial charge < -0.3 is 20.0 Å². The van der Waals surface area contributed by atoms with Crippen LogP contribution in [-0.4, -0.2) is 20.1 Å². The number of hydrogen-bond donors (Lipinski definition) is 2. The van der Waals surface area contributed by atoms with Crippen molar-refractivity contribution in [3.05, 3.63) is 53.2 Å². The Balaban J connectivity index is 2.01. The van der Waals surface area contributed by atoms with Crippen molar-refractivity contribution in [1.29, 1.82) is 0 Å². The van der Waals surface area contributed by atoms with Crippen LogP contribution in [0.1, 0.15) is 29.9 Å². The van der Waals surface area contributed by atoms with Gasteiger partial charge in [0.25, 0.3) is 0 Å². The van der Waals surface area contributed by atoms with E-state index in [1.165, 1.54) is 12.1 Å². The Morgan fingerprint density at radius 3 is 2.70 bits per heavy atom. The molecule has 2 N–H and O–H groups in total. The Bertz CT molecular complexity index is 682. The van der Waals surface area contributed by atoms with Crippen molar-refractivity contribution in [3.63, 3.8) is 0 Å². The molecule has 0 aliphatic rings. The van der Waals surface area contributed by atoms with Gasteiger partial charge >= 0.3 is 6.03 Å². The summed E-state index contributed by atoms with van der Waals surface area (Å²) < 4.78 is 18.8. The minimum absolute atomic E-state index is 0.307. The summed E-state index contributed by atoms with van der Waals surface area (Å²) in [6.07, 6.45) is 1.59. The molecular weight excluding hydrogens is 297 g/mol. The van der Waals surface area contributed by atoms with Gasteiger partial charge in [0.15, 0.2) is 0 Å². The lowest BCUT2D eigenvalue weighted by molar-refractivity contribution is 0.236. The molecule has 1 aromatic carbocycles. The van der Waals surface area contributed by atoms with E-state index < -0.39 is 0 Å². The van der Waals surface area contributed by atoms with Crippen LogP contribution in [0.25, 0.3) is 0 Å². The summed E-state index contributed by atoms with van der Waals surface area (Å²) in [6.45, 7) is 4.04. The van der Waals surface area contributed by atoms with E-state index >= 15 is 0 Å². The number of hydrogen-bond acceptors (Lipinski definition) is 3. The quantitative estimate of drug-likeness (QED) is 0.888. The van der Waals surface area contributed by atoms with E-state index in [0.717, 1.165) is 16.8 Å². The maximum atomic E-state index is 13.5. The highest BCUT2D eigenvalue weighted by Crippen LogP contribution is 2.25. The number of benzene rings is 1. The molecule has 5 nitrogen and oxygen atoms in total. The van der Waals surface area contributed by atoms with E-state index in [1.54, 1.807) is 12.3 Å². The highest BCUT2D eigenvalue weighted by molar-refractivity contribution is 5.74. The van der Waals surface area contributed by atoms with Crippen LogP contribution in [0.15, 0.2) is 34.9 Å². The third-order valence-corrected chi connectivity index (χ3v) is 3.66. The lowest BCUT2D eigenvalue weighted by Crippen LogP contribution is -2.37. The van der Waals surface area contributed by atoms with Crippen molar-refractivity contribution < 1.29 is 13.6 Å². The Labute approximate surface area is 135 Å². The fourth-order valence-electron chi connectivity index (χ4n) is 2.35. The van der Waals surface area contributed by atoms with Crippen molar-refractivity contribution in [2.75, 3.05) is 19.0 Å². The van der Waals surface area contributed by atoms with Crippen molar-refractivity contribution >= 4 is 11.7 Å². The predicted molar refractivity (Wildman–Crippen MR) is 88.0 cm³/mol. The molecule has 0 aliphatic heterocycles. The molecule has 0 fully saturated rings. The Hall–Kier alpha value is -2.50. The van der Waals surface area contributed by atoms with Gasteiger partial charge in [-0.2, -0.15) is 0 Å². The third-order valence-electron chi connectivity index (χ3n) is 3.66. The molecule has 1 atom stereocenters. The van der Waals surface area contributed by atoms with Gasteiger partial charge in [0.2, 0.25) is 0 Å². The zero-order valence-corrected chi connectivity index (χ0v) is 13.8. The molecule has 1 unspecified atom stereocenters. The van der Waals surface area contributed by atoms with E-state index in [4.69, 9.17) is 4.42 Å². The number of urea groups is 1. The number of carbonyl (C=O) groups is 1. The number of amides is 2. The Morgan fingerprint density at radius 2 is 2.09 bits per heavy atom. The van der Waals surface area contributed by atoms with Crippen LogP contribution in [0.2, 0.25) is 0 Å². The molecule has 0 aliphatic carbocycles. The number of nitrogens with one attached hydrogen (secondary N) is 2. The second-order valence-corrected chi connectivity index (χ2v) is 5.67. The number of furan rings is 1. The molecule has 23 heavy (non-hydrogen) atoms. The summed E-state index contributed by atoms with van der Waals surface area (Å²) in [7, 11) is 3.76. The molecule has 1 heterocycles. The molecule has 2 amide bonds. The van der Waals surface area contributed by atoms with Crippen LogP contribution in [0.4, 0.5) is 14.9 Å². The summed E-state index contributed by atoms with van der Waals surface area (Å²) in [6, 6.07) is 5.73. The second kappa shape index (κ2) is 7.17. The predicted octanol–water partition coefficient (Wildman–Crippen LogP) is 3.35. The van der Waals surface area contributed by atoms with Crippen molar-refractivity contribution in [2.45, 2.75) is 26.4 Å². The van der Waals surface area contributed by atoms with Crippen LogP contribution in [0.5, 0.6) is 0 Å². The first kappa shape index (κ1) is 16.9. The topological polar surface area (TPSA) is 57.5 Å².